The molecular weight excluding hydrogens is 184 g/mol. The second-order valence-electron chi connectivity index (χ2n) is 3.82. The predicted molar refractivity (Wildman–Crippen MR) is 63.9 cm³/mol. The summed E-state index contributed by atoms with van der Waals surface area (Å²) < 4.78 is 0. The quantitative estimate of drug-likeness (QED) is 0.826. The molecular formula is C13H16N2. The minimum absolute atomic E-state index is 0.742. The van der Waals surface area contributed by atoms with E-state index in [-0.39, 0.29) is 0 Å². The van der Waals surface area contributed by atoms with Crippen molar-refractivity contribution in [2.45, 2.75) is 19.8 Å². The highest BCUT2D eigenvalue weighted by Crippen LogP contribution is 2.17. The van der Waals surface area contributed by atoms with Crippen molar-refractivity contribution >= 4 is 10.9 Å². The maximum absolute atomic E-state index is 5.52. The number of aryl methyl sites for hydroxylation is 2. The summed E-state index contributed by atoms with van der Waals surface area (Å²) in [5.74, 6) is 0. The zero-order valence-corrected chi connectivity index (χ0v) is 9.03. The van der Waals surface area contributed by atoms with E-state index in [0.717, 1.165) is 30.6 Å². The van der Waals surface area contributed by atoms with E-state index in [1.165, 1.54) is 10.9 Å². The van der Waals surface area contributed by atoms with Crippen LogP contribution in [-0.4, -0.2) is 11.5 Å². The van der Waals surface area contributed by atoms with Crippen LogP contribution in [0.3, 0.4) is 0 Å². The Hall–Kier alpha value is -1.41. The van der Waals surface area contributed by atoms with E-state index in [2.05, 4.69) is 30.1 Å². The molecule has 1 aromatic carbocycles. The van der Waals surface area contributed by atoms with Gasteiger partial charge in [0, 0.05) is 11.1 Å². The van der Waals surface area contributed by atoms with Crippen LogP contribution < -0.4 is 5.73 Å². The minimum atomic E-state index is 0.742. The van der Waals surface area contributed by atoms with Crippen LogP contribution >= 0.6 is 0 Å². The second kappa shape index (κ2) is 4.41. The first-order chi connectivity index (χ1) is 7.31. The SMILES string of the molecule is Cc1nc2ccccc2cc1CCCN. The maximum atomic E-state index is 5.52. The minimum Gasteiger partial charge on any atom is -0.330 e. The van der Waals surface area contributed by atoms with Crippen LogP contribution in [-0.2, 0) is 6.42 Å². The van der Waals surface area contributed by atoms with Gasteiger partial charge in [-0.1, -0.05) is 18.2 Å². The van der Waals surface area contributed by atoms with Crippen LogP contribution in [0.2, 0.25) is 0 Å². The standard InChI is InChI=1S/C13H16N2/c1-10-11(6-4-8-14)9-12-5-2-3-7-13(12)15-10/h2-3,5,7,9H,4,6,8,14H2,1H3. The van der Waals surface area contributed by atoms with Gasteiger partial charge in [0.15, 0.2) is 0 Å². The molecule has 2 nitrogen and oxygen atoms in total. The summed E-state index contributed by atoms with van der Waals surface area (Å²) in [6, 6.07) is 10.5. The molecule has 0 unspecified atom stereocenters. The highest BCUT2D eigenvalue weighted by Gasteiger charge is 2.01. The van der Waals surface area contributed by atoms with Crippen LogP contribution in [0.15, 0.2) is 30.3 Å². The molecule has 2 aromatic rings. The summed E-state index contributed by atoms with van der Waals surface area (Å²) >= 11 is 0. The lowest BCUT2D eigenvalue weighted by molar-refractivity contribution is 0.824. The van der Waals surface area contributed by atoms with Gasteiger partial charge in [-0.3, -0.25) is 4.98 Å². The van der Waals surface area contributed by atoms with Crippen molar-refractivity contribution in [3.05, 3.63) is 41.6 Å². The van der Waals surface area contributed by atoms with Gasteiger partial charge in [-0.15, -0.1) is 0 Å². The molecule has 0 aliphatic heterocycles. The smallest absolute Gasteiger partial charge is 0.0705 e. The van der Waals surface area contributed by atoms with E-state index in [4.69, 9.17) is 5.73 Å². The Kier molecular flexibility index (Phi) is 2.97. The Morgan fingerprint density at radius 3 is 2.87 bits per heavy atom. The van der Waals surface area contributed by atoms with E-state index in [1.54, 1.807) is 0 Å². The molecule has 78 valence electrons. The molecule has 15 heavy (non-hydrogen) atoms. The Bertz CT molecular complexity index is 463. The van der Waals surface area contributed by atoms with E-state index < -0.39 is 0 Å². The number of rotatable bonds is 3. The Balaban J connectivity index is 2.43. The lowest BCUT2D eigenvalue weighted by Gasteiger charge is -2.06. The van der Waals surface area contributed by atoms with E-state index in [1.807, 2.05) is 12.1 Å². The highest BCUT2D eigenvalue weighted by atomic mass is 14.7. The van der Waals surface area contributed by atoms with Crippen molar-refractivity contribution in [2.75, 3.05) is 6.54 Å². The number of para-hydroxylation sites is 1. The van der Waals surface area contributed by atoms with Gasteiger partial charge in [-0.05, 0) is 44.0 Å². The van der Waals surface area contributed by atoms with Crippen molar-refractivity contribution < 1.29 is 0 Å². The molecule has 0 atom stereocenters. The van der Waals surface area contributed by atoms with Crippen molar-refractivity contribution in [3.8, 4) is 0 Å². The molecule has 2 N–H and O–H groups in total. The zero-order valence-electron chi connectivity index (χ0n) is 9.03. The molecule has 2 rings (SSSR count). The molecule has 0 aliphatic carbocycles. The summed E-state index contributed by atoms with van der Waals surface area (Å²) in [5, 5.41) is 1.22. The molecule has 1 heterocycles. The first-order valence-corrected chi connectivity index (χ1v) is 5.36. The number of nitrogens with zero attached hydrogens (tertiary/aromatic N) is 1. The van der Waals surface area contributed by atoms with Crippen molar-refractivity contribution in [1.82, 2.24) is 4.98 Å². The molecule has 0 saturated heterocycles. The second-order valence-corrected chi connectivity index (χ2v) is 3.82. The van der Waals surface area contributed by atoms with Gasteiger partial charge in [0.2, 0.25) is 0 Å². The third-order valence-electron chi connectivity index (χ3n) is 2.67. The predicted octanol–water partition coefficient (Wildman–Crippen LogP) is 2.43. The van der Waals surface area contributed by atoms with Crippen molar-refractivity contribution in [3.63, 3.8) is 0 Å². The Morgan fingerprint density at radius 2 is 2.07 bits per heavy atom. The number of hydrogen-bond donors (Lipinski definition) is 1. The monoisotopic (exact) mass is 200 g/mol. The molecule has 0 spiro atoms. The van der Waals surface area contributed by atoms with Gasteiger partial charge in [0.05, 0.1) is 5.52 Å². The molecule has 0 amide bonds. The summed E-state index contributed by atoms with van der Waals surface area (Å²) in [7, 11) is 0. The highest BCUT2D eigenvalue weighted by molar-refractivity contribution is 5.79. The van der Waals surface area contributed by atoms with E-state index in [9.17, 15) is 0 Å². The topological polar surface area (TPSA) is 38.9 Å². The molecule has 0 radical (unpaired) electrons. The summed E-state index contributed by atoms with van der Waals surface area (Å²) in [6.45, 7) is 2.81. The van der Waals surface area contributed by atoms with Gasteiger partial charge in [0.1, 0.15) is 0 Å². The van der Waals surface area contributed by atoms with Crippen molar-refractivity contribution in [1.29, 1.82) is 0 Å². The lowest BCUT2D eigenvalue weighted by atomic mass is 10.1. The van der Waals surface area contributed by atoms with Crippen LogP contribution in [0.1, 0.15) is 17.7 Å². The van der Waals surface area contributed by atoms with Crippen LogP contribution in [0, 0.1) is 6.92 Å². The van der Waals surface area contributed by atoms with Gasteiger partial charge in [-0.25, -0.2) is 0 Å². The zero-order chi connectivity index (χ0) is 10.7. The first-order valence-electron chi connectivity index (χ1n) is 5.36. The molecule has 2 heteroatoms. The molecule has 1 aromatic heterocycles. The van der Waals surface area contributed by atoms with E-state index >= 15 is 0 Å². The number of benzene rings is 1. The third kappa shape index (κ3) is 2.16. The Labute approximate surface area is 90.1 Å². The fourth-order valence-electron chi connectivity index (χ4n) is 1.80. The largest absolute Gasteiger partial charge is 0.330 e. The summed E-state index contributed by atoms with van der Waals surface area (Å²) in [5.41, 5.74) is 9.04. The number of hydrogen-bond acceptors (Lipinski definition) is 2. The van der Waals surface area contributed by atoms with Gasteiger partial charge >= 0.3 is 0 Å². The van der Waals surface area contributed by atoms with Gasteiger partial charge in [-0.2, -0.15) is 0 Å². The average Bonchev–Trinajstić information content (AvgIpc) is 2.26. The Morgan fingerprint density at radius 1 is 1.27 bits per heavy atom. The number of pyridine rings is 1. The molecule has 0 bridgehead atoms. The first kappa shape index (κ1) is 10.1. The van der Waals surface area contributed by atoms with Crippen molar-refractivity contribution in [2.24, 2.45) is 5.73 Å². The summed E-state index contributed by atoms with van der Waals surface area (Å²) in [6.07, 6.45) is 2.06. The fraction of sp³-hybridized carbons (Fsp3) is 0.308. The molecule has 0 fully saturated rings. The van der Waals surface area contributed by atoms with Gasteiger partial charge in [0.25, 0.3) is 0 Å². The van der Waals surface area contributed by atoms with E-state index in [0.29, 0.717) is 0 Å². The van der Waals surface area contributed by atoms with Crippen LogP contribution in [0.4, 0.5) is 0 Å². The molecule has 0 aliphatic rings. The molecule has 0 saturated carbocycles. The number of nitrogens with two attached hydrogens (primary N) is 1. The van der Waals surface area contributed by atoms with Gasteiger partial charge < -0.3 is 5.73 Å². The fourth-order valence-corrected chi connectivity index (χ4v) is 1.80. The third-order valence-corrected chi connectivity index (χ3v) is 2.67. The average molecular weight is 200 g/mol. The summed E-state index contributed by atoms with van der Waals surface area (Å²) in [4.78, 5) is 4.59. The maximum Gasteiger partial charge on any atom is 0.0705 e. The number of fused-ring (bicyclic) bond motifs is 1. The van der Waals surface area contributed by atoms with Crippen LogP contribution in [0.25, 0.3) is 10.9 Å². The normalized spacial score (nSPS) is 10.8. The lowest BCUT2D eigenvalue weighted by Crippen LogP contribution is -2.02. The van der Waals surface area contributed by atoms with Crippen LogP contribution in [0.5, 0.6) is 0 Å². The number of aromatic nitrogens is 1.